The van der Waals surface area contributed by atoms with Crippen molar-refractivity contribution in [1.82, 2.24) is 9.55 Å². The highest BCUT2D eigenvalue weighted by atomic mass is 32.2. The van der Waals surface area contributed by atoms with Gasteiger partial charge in [-0.25, -0.2) is 0 Å². The smallest absolute Gasteiger partial charge is 0.130 e. The number of rotatable bonds is 8. The minimum atomic E-state index is 0.00646. The summed E-state index contributed by atoms with van der Waals surface area (Å²) in [5, 5.41) is 11.7. The molecule has 7 rings (SSSR count). The van der Waals surface area contributed by atoms with Gasteiger partial charge in [0.15, 0.2) is 0 Å². The lowest BCUT2D eigenvalue weighted by molar-refractivity contribution is 0.161. The number of pyridine rings is 1. The van der Waals surface area contributed by atoms with Gasteiger partial charge in [0, 0.05) is 39.9 Å². The van der Waals surface area contributed by atoms with Crippen molar-refractivity contribution in [2.24, 2.45) is 0 Å². The van der Waals surface area contributed by atoms with E-state index in [1.54, 1.807) is 0 Å². The molecule has 4 heterocycles. The zero-order valence-corrected chi connectivity index (χ0v) is 23.7. The molecule has 2 aromatic heterocycles. The van der Waals surface area contributed by atoms with Crippen LogP contribution in [0.4, 0.5) is 0 Å². The Morgan fingerprint density at radius 2 is 1.83 bits per heavy atom. The van der Waals surface area contributed by atoms with Gasteiger partial charge in [-0.15, -0.1) is 11.8 Å². The Hall–Kier alpha value is -3.84. The van der Waals surface area contributed by atoms with E-state index in [1.807, 2.05) is 42.2 Å². The number of ether oxygens (including phenoxy) is 2. The Morgan fingerprint density at radius 3 is 2.63 bits per heavy atom. The highest BCUT2D eigenvalue weighted by Crippen LogP contribution is 2.44. The zero-order chi connectivity index (χ0) is 27.6. The standard InChI is InChI=1S/C35H32N2O3S/c38-22-32-35-34-30(15-18-41-35)33(40-23-29-10-9-28(20-36-29)25-6-2-1-3-7-25)12-11-31(34)37(32)21-24-5-4-8-27(19-24)26-13-16-39-17-14-26/h1-13,19-20,38H,14-18,21-23H2. The van der Waals surface area contributed by atoms with Crippen LogP contribution in [0.1, 0.15) is 34.5 Å². The highest BCUT2D eigenvalue weighted by Gasteiger charge is 2.25. The van der Waals surface area contributed by atoms with E-state index in [9.17, 15) is 5.11 Å². The van der Waals surface area contributed by atoms with Gasteiger partial charge >= 0.3 is 0 Å². The minimum absolute atomic E-state index is 0.00646. The van der Waals surface area contributed by atoms with Crippen molar-refractivity contribution in [2.45, 2.75) is 37.5 Å². The van der Waals surface area contributed by atoms with Crippen LogP contribution in [-0.4, -0.2) is 33.6 Å². The number of thioether (sulfide) groups is 1. The molecule has 0 amide bonds. The molecule has 0 aliphatic carbocycles. The molecule has 5 aromatic rings. The second kappa shape index (κ2) is 11.6. The van der Waals surface area contributed by atoms with Crippen LogP contribution < -0.4 is 4.74 Å². The van der Waals surface area contributed by atoms with Crippen LogP contribution in [-0.2, 0) is 30.9 Å². The summed E-state index contributed by atoms with van der Waals surface area (Å²) >= 11 is 1.84. The third kappa shape index (κ3) is 5.19. The van der Waals surface area contributed by atoms with E-state index in [0.29, 0.717) is 19.8 Å². The first-order valence-corrected chi connectivity index (χ1v) is 15.2. The maximum Gasteiger partial charge on any atom is 0.130 e. The SMILES string of the molecule is OCc1c2c3c(c(OCc4ccc(-c5ccccc5)cn4)ccc3n1Cc1cccc(C3=CCOCC3)c1)CCS2. The normalized spacial score (nSPS) is 14.7. The van der Waals surface area contributed by atoms with Crippen LogP contribution in [0, 0.1) is 0 Å². The Labute approximate surface area is 244 Å². The van der Waals surface area contributed by atoms with E-state index < -0.39 is 0 Å². The molecule has 0 unspecified atom stereocenters. The lowest BCUT2D eigenvalue weighted by Crippen LogP contribution is -2.06. The van der Waals surface area contributed by atoms with Crippen molar-refractivity contribution in [3.63, 3.8) is 0 Å². The number of aliphatic hydroxyl groups excluding tert-OH is 1. The molecular weight excluding hydrogens is 528 g/mol. The number of hydrogen-bond acceptors (Lipinski definition) is 5. The van der Waals surface area contributed by atoms with Gasteiger partial charge in [-0.05, 0) is 59.4 Å². The summed E-state index contributed by atoms with van der Waals surface area (Å²) in [5.74, 6) is 1.87. The molecular formula is C35H32N2O3S. The van der Waals surface area contributed by atoms with Crippen LogP contribution >= 0.6 is 11.8 Å². The van der Waals surface area contributed by atoms with Gasteiger partial charge in [-0.2, -0.15) is 0 Å². The van der Waals surface area contributed by atoms with Gasteiger partial charge in [0.25, 0.3) is 0 Å². The molecule has 2 aliphatic rings. The van der Waals surface area contributed by atoms with E-state index in [0.717, 1.165) is 59.0 Å². The number of nitrogens with zero attached hydrogens (tertiary/aromatic N) is 2. The molecule has 0 spiro atoms. The molecule has 1 N–H and O–H groups in total. The molecule has 5 nitrogen and oxygen atoms in total. The quantitative estimate of drug-likeness (QED) is 0.216. The van der Waals surface area contributed by atoms with E-state index in [4.69, 9.17) is 9.47 Å². The summed E-state index contributed by atoms with van der Waals surface area (Å²) in [6.07, 6.45) is 5.98. The van der Waals surface area contributed by atoms with E-state index in [2.05, 4.69) is 70.2 Å². The Morgan fingerprint density at radius 1 is 0.927 bits per heavy atom. The summed E-state index contributed by atoms with van der Waals surface area (Å²) in [6.45, 7) is 2.58. The Balaban J connectivity index is 1.17. The topological polar surface area (TPSA) is 56.5 Å². The molecule has 41 heavy (non-hydrogen) atoms. The second-order valence-corrected chi connectivity index (χ2v) is 11.6. The number of hydrogen-bond donors (Lipinski definition) is 1. The Kier molecular flexibility index (Phi) is 7.36. The predicted octanol–water partition coefficient (Wildman–Crippen LogP) is 7.27. The lowest BCUT2D eigenvalue weighted by atomic mass is 9.99. The second-order valence-electron chi connectivity index (χ2n) is 10.5. The van der Waals surface area contributed by atoms with Crippen molar-refractivity contribution >= 4 is 28.2 Å². The fraction of sp³-hybridized carbons (Fsp3) is 0.229. The van der Waals surface area contributed by atoms with Crippen LogP contribution in [0.2, 0.25) is 0 Å². The molecule has 0 fully saturated rings. The monoisotopic (exact) mass is 560 g/mol. The van der Waals surface area contributed by atoms with Crippen molar-refractivity contribution in [3.8, 4) is 16.9 Å². The number of aryl methyl sites for hydroxylation is 1. The molecule has 0 saturated carbocycles. The molecule has 0 bridgehead atoms. The maximum absolute atomic E-state index is 10.5. The molecule has 206 valence electrons. The summed E-state index contributed by atoms with van der Waals surface area (Å²) < 4.78 is 14.2. The fourth-order valence-electron chi connectivity index (χ4n) is 5.94. The molecule has 0 radical (unpaired) electrons. The average molecular weight is 561 g/mol. The number of aliphatic hydroxyl groups is 1. The van der Waals surface area contributed by atoms with Crippen molar-refractivity contribution < 1.29 is 14.6 Å². The highest BCUT2D eigenvalue weighted by molar-refractivity contribution is 7.99. The number of benzene rings is 3. The Bertz CT molecular complexity index is 1720. The van der Waals surface area contributed by atoms with E-state index in [1.165, 1.54) is 32.5 Å². The van der Waals surface area contributed by atoms with Crippen molar-refractivity contribution in [3.05, 3.63) is 119 Å². The fourth-order valence-corrected chi connectivity index (χ4v) is 7.17. The summed E-state index contributed by atoms with van der Waals surface area (Å²) in [5.41, 5.74) is 10.3. The molecule has 0 atom stereocenters. The van der Waals surface area contributed by atoms with Gasteiger partial charge in [0.05, 0.1) is 36.7 Å². The molecule has 6 heteroatoms. The van der Waals surface area contributed by atoms with E-state index in [-0.39, 0.29) is 6.61 Å². The van der Waals surface area contributed by atoms with Gasteiger partial charge in [0.1, 0.15) is 12.4 Å². The average Bonchev–Trinajstić information content (AvgIpc) is 3.35. The maximum atomic E-state index is 10.5. The van der Waals surface area contributed by atoms with Gasteiger partial charge < -0.3 is 19.1 Å². The van der Waals surface area contributed by atoms with Crippen molar-refractivity contribution in [2.75, 3.05) is 19.0 Å². The number of aromatic nitrogens is 2. The third-order valence-electron chi connectivity index (χ3n) is 8.01. The summed E-state index contributed by atoms with van der Waals surface area (Å²) in [4.78, 5) is 5.84. The zero-order valence-electron chi connectivity index (χ0n) is 22.9. The first kappa shape index (κ1) is 26.1. The van der Waals surface area contributed by atoms with Gasteiger partial charge in [-0.1, -0.05) is 60.7 Å². The first-order chi connectivity index (χ1) is 20.3. The van der Waals surface area contributed by atoms with Gasteiger partial charge in [0.2, 0.25) is 0 Å². The summed E-state index contributed by atoms with van der Waals surface area (Å²) in [6, 6.07) is 27.5. The van der Waals surface area contributed by atoms with Crippen LogP contribution in [0.5, 0.6) is 5.75 Å². The van der Waals surface area contributed by atoms with Gasteiger partial charge in [-0.3, -0.25) is 4.98 Å². The third-order valence-corrected chi connectivity index (χ3v) is 9.15. The van der Waals surface area contributed by atoms with Crippen LogP contribution in [0.25, 0.3) is 27.6 Å². The van der Waals surface area contributed by atoms with E-state index >= 15 is 0 Å². The van der Waals surface area contributed by atoms with Crippen LogP contribution in [0.15, 0.2) is 96.0 Å². The summed E-state index contributed by atoms with van der Waals surface area (Å²) in [7, 11) is 0. The lowest BCUT2D eigenvalue weighted by Gasteiger charge is -2.17. The minimum Gasteiger partial charge on any atom is -0.487 e. The predicted molar refractivity (Wildman–Crippen MR) is 165 cm³/mol. The largest absolute Gasteiger partial charge is 0.487 e. The van der Waals surface area contributed by atoms with Crippen LogP contribution in [0.3, 0.4) is 0 Å². The molecule has 2 aliphatic heterocycles. The molecule has 0 saturated heterocycles. The molecule has 3 aromatic carbocycles. The van der Waals surface area contributed by atoms with Crippen molar-refractivity contribution in [1.29, 1.82) is 0 Å². The first-order valence-electron chi connectivity index (χ1n) is 14.2.